The topological polar surface area (TPSA) is 81.4 Å². The Kier molecular flexibility index (Phi) is 6.85. The number of hydrogen-bond donors (Lipinski definition) is 2. The van der Waals surface area contributed by atoms with E-state index in [-0.39, 0.29) is 11.9 Å². The highest BCUT2D eigenvalue weighted by Gasteiger charge is 2.17. The second-order valence-corrected chi connectivity index (χ2v) is 6.03. The summed E-state index contributed by atoms with van der Waals surface area (Å²) in [7, 11) is 0. The van der Waals surface area contributed by atoms with Crippen LogP contribution in [-0.2, 0) is 11.2 Å². The molecule has 0 spiro atoms. The molecule has 1 radical (unpaired) electrons. The minimum atomic E-state index is -0.532. The number of carbonyl (C=O) groups is 2. The molecule has 1 saturated carbocycles. The Morgan fingerprint density at radius 2 is 2.04 bits per heavy atom. The molecule has 0 atom stereocenters. The first kappa shape index (κ1) is 18.0. The number of benzene rings is 1. The predicted octanol–water partition coefficient (Wildman–Crippen LogP) is 2.55. The van der Waals surface area contributed by atoms with Gasteiger partial charge in [0.25, 0.3) is 0 Å². The zero-order valence-electron chi connectivity index (χ0n) is 13.9. The van der Waals surface area contributed by atoms with Gasteiger partial charge in [-0.2, -0.15) is 0 Å². The highest BCUT2D eigenvalue weighted by atomic mass is 16.5. The molecule has 0 aliphatic heterocycles. The fourth-order valence-corrected chi connectivity index (χ4v) is 2.92. The van der Waals surface area contributed by atoms with Crippen LogP contribution in [0.1, 0.15) is 48.0 Å². The van der Waals surface area contributed by atoms with Gasteiger partial charge in [0, 0.05) is 11.6 Å². The first-order valence-electron chi connectivity index (χ1n) is 8.40. The number of nitrogens with one attached hydrogen (secondary N) is 1. The summed E-state index contributed by atoms with van der Waals surface area (Å²) in [5.74, 6) is -0.0708. The van der Waals surface area contributed by atoms with E-state index in [1.807, 2.05) is 0 Å². The highest BCUT2D eigenvalue weighted by Crippen LogP contribution is 2.20. The van der Waals surface area contributed by atoms with Crippen LogP contribution in [0.15, 0.2) is 30.9 Å². The van der Waals surface area contributed by atoms with Crippen molar-refractivity contribution in [2.75, 3.05) is 6.61 Å². The summed E-state index contributed by atoms with van der Waals surface area (Å²) in [4.78, 5) is 23.7. The summed E-state index contributed by atoms with van der Waals surface area (Å²) in [5.41, 5.74) is 6.53. The second kappa shape index (κ2) is 9.11. The van der Waals surface area contributed by atoms with Crippen LogP contribution in [0.2, 0.25) is 0 Å². The van der Waals surface area contributed by atoms with E-state index < -0.39 is 5.91 Å². The molecule has 5 nitrogen and oxygen atoms in total. The molecule has 0 aromatic heterocycles. The Balaban J connectivity index is 1.93. The molecule has 1 fully saturated rings. The summed E-state index contributed by atoms with van der Waals surface area (Å²) in [6, 6.07) is 5.41. The average Bonchev–Trinajstić information content (AvgIpc) is 2.59. The van der Waals surface area contributed by atoms with Crippen molar-refractivity contribution in [3.05, 3.63) is 48.4 Å². The minimum Gasteiger partial charge on any atom is -0.490 e. The molecule has 0 heterocycles. The minimum absolute atomic E-state index is 0.0932. The maximum absolute atomic E-state index is 12.1. The van der Waals surface area contributed by atoms with Gasteiger partial charge in [0.1, 0.15) is 12.4 Å². The first-order chi connectivity index (χ1) is 11.6. The normalized spacial score (nSPS) is 14.8. The molecule has 2 amide bonds. The lowest BCUT2D eigenvalue weighted by Crippen LogP contribution is -2.36. The quantitative estimate of drug-likeness (QED) is 0.719. The van der Waals surface area contributed by atoms with Crippen molar-refractivity contribution >= 4 is 11.8 Å². The van der Waals surface area contributed by atoms with Crippen LogP contribution in [0, 0.1) is 6.42 Å². The molecule has 1 aromatic rings. The third-order valence-electron chi connectivity index (χ3n) is 4.17. The molecule has 24 heavy (non-hydrogen) atoms. The third-order valence-corrected chi connectivity index (χ3v) is 4.17. The van der Waals surface area contributed by atoms with E-state index in [2.05, 4.69) is 11.9 Å². The van der Waals surface area contributed by atoms with Gasteiger partial charge >= 0.3 is 0 Å². The zero-order chi connectivity index (χ0) is 17.4. The summed E-state index contributed by atoms with van der Waals surface area (Å²) >= 11 is 0. The molecular formula is C19H25N2O3. The monoisotopic (exact) mass is 329 g/mol. The van der Waals surface area contributed by atoms with Gasteiger partial charge in [0.05, 0.1) is 6.42 Å². The zero-order valence-corrected chi connectivity index (χ0v) is 13.9. The van der Waals surface area contributed by atoms with Gasteiger partial charge in [-0.05, 0) is 37.0 Å². The van der Waals surface area contributed by atoms with Crippen LogP contribution >= 0.6 is 0 Å². The summed E-state index contributed by atoms with van der Waals surface area (Å²) in [6.07, 6.45) is 9.23. The molecule has 1 aromatic carbocycles. The number of amides is 2. The van der Waals surface area contributed by atoms with Crippen LogP contribution in [0.3, 0.4) is 0 Å². The van der Waals surface area contributed by atoms with Crippen LogP contribution in [0.4, 0.5) is 0 Å². The Labute approximate surface area is 143 Å². The number of hydrogen-bond acceptors (Lipinski definition) is 3. The van der Waals surface area contributed by atoms with E-state index in [1.165, 1.54) is 19.3 Å². The molecule has 1 aliphatic rings. The van der Waals surface area contributed by atoms with Gasteiger partial charge in [0.2, 0.25) is 11.8 Å². The molecular weight excluding hydrogens is 304 g/mol. The predicted molar refractivity (Wildman–Crippen MR) is 93.7 cm³/mol. The van der Waals surface area contributed by atoms with Crippen molar-refractivity contribution in [2.24, 2.45) is 5.73 Å². The van der Waals surface area contributed by atoms with Gasteiger partial charge in [-0.25, -0.2) is 0 Å². The van der Waals surface area contributed by atoms with Gasteiger partial charge in [0.15, 0.2) is 0 Å². The third kappa shape index (κ3) is 5.41. The lowest BCUT2D eigenvalue weighted by atomic mass is 9.95. The first-order valence-corrected chi connectivity index (χ1v) is 8.40. The van der Waals surface area contributed by atoms with Crippen molar-refractivity contribution in [1.82, 2.24) is 5.32 Å². The maximum atomic E-state index is 12.1. The van der Waals surface area contributed by atoms with Crippen LogP contribution in [-0.4, -0.2) is 24.5 Å². The van der Waals surface area contributed by atoms with E-state index in [4.69, 9.17) is 10.5 Å². The second-order valence-electron chi connectivity index (χ2n) is 6.03. The lowest BCUT2D eigenvalue weighted by Gasteiger charge is -2.22. The van der Waals surface area contributed by atoms with Crippen LogP contribution < -0.4 is 15.8 Å². The van der Waals surface area contributed by atoms with Gasteiger partial charge < -0.3 is 15.8 Å². The van der Waals surface area contributed by atoms with E-state index in [9.17, 15) is 9.59 Å². The fraction of sp³-hybridized carbons (Fsp3) is 0.421. The molecule has 0 saturated heterocycles. The number of primary amides is 1. The van der Waals surface area contributed by atoms with Crippen LogP contribution in [0.25, 0.3) is 0 Å². The number of carbonyl (C=O) groups excluding carboxylic acids is 2. The smallest absolute Gasteiger partial charge is 0.249 e. The van der Waals surface area contributed by atoms with Gasteiger partial charge in [-0.3, -0.25) is 9.59 Å². The summed E-state index contributed by atoms with van der Waals surface area (Å²) < 4.78 is 5.41. The molecule has 3 N–H and O–H groups in total. The average molecular weight is 329 g/mol. The van der Waals surface area contributed by atoms with E-state index in [0.717, 1.165) is 12.8 Å². The van der Waals surface area contributed by atoms with Gasteiger partial charge in [-0.1, -0.05) is 38.0 Å². The molecule has 5 heteroatoms. The Morgan fingerprint density at radius 1 is 1.29 bits per heavy atom. The summed E-state index contributed by atoms with van der Waals surface area (Å²) in [6.45, 7) is 3.94. The van der Waals surface area contributed by atoms with Gasteiger partial charge in [-0.15, -0.1) is 0 Å². The van der Waals surface area contributed by atoms with Crippen molar-refractivity contribution in [3.8, 4) is 5.75 Å². The Bertz CT molecular complexity index is 592. The number of rotatable bonds is 8. The highest BCUT2D eigenvalue weighted by molar-refractivity contribution is 5.95. The molecule has 0 unspecified atom stereocenters. The van der Waals surface area contributed by atoms with Crippen molar-refractivity contribution in [2.45, 2.75) is 44.6 Å². The van der Waals surface area contributed by atoms with Crippen molar-refractivity contribution < 1.29 is 14.3 Å². The van der Waals surface area contributed by atoms with E-state index >= 15 is 0 Å². The molecule has 2 rings (SSSR count). The molecule has 1 aliphatic carbocycles. The SMILES string of the molecule is C=CCOc1ccc(C[CH]C(=O)NC2CCCCC2)c(C(N)=O)c1. The van der Waals surface area contributed by atoms with E-state index in [1.54, 1.807) is 30.7 Å². The van der Waals surface area contributed by atoms with E-state index in [0.29, 0.717) is 29.9 Å². The van der Waals surface area contributed by atoms with Crippen molar-refractivity contribution in [3.63, 3.8) is 0 Å². The van der Waals surface area contributed by atoms with Crippen molar-refractivity contribution in [1.29, 1.82) is 0 Å². The molecule has 129 valence electrons. The number of ether oxygens (including phenoxy) is 1. The fourth-order valence-electron chi connectivity index (χ4n) is 2.92. The largest absolute Gasteiger partial charge is 0.490 e. The Hall–Kier alpha value is -2.30. The summed E-state index contributed by atoms with van der Waals surface area (Å²) in [5, 5.41) is 3.03. The lowest BCUT2D eigenvalue weighted by molar-refractivity contribution is -0.118. The standard InChI is InChI=1S/C19H25N2O3/c1-2-12-24-16-10-8-14(17(13-16)19(20)23)9-11-18(22)21-15-6-4-3-5-7-15/h2,8,10-11,13,15H,1,3-7,9,12H2,(H2,20,23)(H,21,22). The number of nitrogens with two attached hydrogens (primary N) is 1. The molecule has 0 bridgehead atoms. The maximum Gasteiger partial charge on any atom is 0.249 e. The Morgan fingerprint density at radius 3 is 2.71 bits per heavy atom. The van der Waals surface area contributed by atoms with Crippen LogP contribution in [0.5, 0.6) is 5.75 Å².